The molecule has 54 valence electrons. The molecular weight excluding hydrogens is 163 g/mol. The van der Waals surface area contributed by atoms with E-state index in [0.717, 1.165) is 5.56 Å². The molecule has 0 amide bonds. The van der Waals surface area contributed by atoms with E-state index in [1.165, 1.54) is 0 Å². The van der Waals surface area contributed by atoms with Gasteiger partial charge in [0, 0.05) is 0 Å². The van der Waals surface area contributed by atoms with Crippen LogP contribution in [0.5, 0.6) is 0 Å². The van der Waals surface area contributed by atoms with Crippen molar-refractivity contribution in [1.29, 1.82) is 0 Å². The topological polar surface area (TPSA) is 23.1 Å². The first-order chi connectivity index (χ1) is 4.79. The van der Waals surface area contributed by atoms with Crippen molar-refractivity contribution in [3.8, 4) is 0 Å². The zero-order chi connectivity index (χ0) is 7.40. The molecule has 2 heteroatoms. The van der Waals surface area contributed by atoms with E-state index in [4.69, 9.17) is 0 Å². The van der Waals surface area contributed by atoms with E-state index in [1.54, 1.807) is 6.92 Å². The molecular formula is C9H11KO. The molecule has 1 aromatic carbocycles. The summed E-state index contributed by atoms with van der Waals surface area (Å²) in [5.41, 5.74) is 1.13. The predicted molar refractivity (Wildman–Crippen MR) is 39.6 cm³/mol. The van der Waals surface area contributed by atoms with Crippen LogP contribution in [0, 0.1) is 0 Å². The maximum Gasteiger partial charge on any atom is 1.00 e. The molecule has 1 nitrogen and oxygen atoms in total. The van der Waals surface area contributed by atoms with Crippen molar-refractivity contribution in [2.24, 2.45) is 0 Å². The van der Waals surface area contributed by atoms with Crippen LogP contribution < -0.4 is 56.5 Å². The summed E-state index contributed by atoms with van der Waals surface area (Å²) in [5.74, 6) is 0. The van der Waals surface area contributed by atoms with Gasteiger partial charge in [-0.1, -0.05) is 37.3 Å². The maximum atomic E-state index is 10.7. The summed E-state index contributed by atoms with van der Waals surface area (Å²) in [6, 6.07) is 9.83. The largest absolute Gasteiger partial charge is 1.00 e. The maximum absolute atomic E-state index is 10.7. The molecule has 11 heavy (non-hydrogen) atoms. The van der Waals surface area contributed by atoms with Crippen LogP contribution in [-0.2, 0) is 6.42 Å². The average molecular weight is 174 g/mol. The Bertz CT molecular complexity index is 184. The van der Waals surface area contributed by atoms with Gasteiger partial charge < -0.3 is 5.11 Å². The third-order valence-electron chi connectivity index (χ3n) is 1.37. The van der Waals surface area contributed by atoms with Gasteiger partial charge in [-0.15, -0.1) is 6.10 Å². The SMILES string of the molecule is C[C@H]([O-])Cc1ccccc1.[K+]. The van der Waals surface area contributed by atoms with Gasteiger partial charge in [0.25, 0.3) is 0 Å². The first-order valence-corrected chi connectivity index (χ1v) is 3.49. The summed E-state index contributed by atoms with van der Waals surface area (Å²) in [5, 5.41) is 10.7. The minimum Gasteiger partial charge on any atom is -0.852 e. The van der Waals surface area contributed by atoms with Crippen LogP contribution >= 0.6 is 0 Å². The molecule has 0 fully saturated rings. The Kier molecular flexibility index (Phi) is 6.82. The molecule has 1 aromatic rings. The van der Waals surface area contributed by atoms with Crippen molar-refractivity contribution in [3.63, 3.8) is 0 Å². The van der Waals surface area contributed by atoms with Gasteiger partial charge in [-0.05, 0) is 12.0 Å². The number of hydrogen-bond acceptors (Lipinski definition) is 1. The molecule has 0 spiro atoms. The summed E-state index contributed by atoms with van der Waals surface area (Å²) in [4.78, 5) is 0. The Morgan fingerprint density at radius 2 is 1.82 bits per heavy atom. The third kappa shape index (κ3) is 5.12. The Morgan fingerprint density at radius 1 is 1.27 bits per heavy atom. The van der Waals surface area contributed by atoms with Gasteiger partial charge in [0.05, 0.1) is 0 Å². The number of rotatable bonds is 2. The van der Waals surface area contributed by atoms with Crippen molar-refractivity contribution >= 4 is 0 Å². The molecule has 0 aliphatic carbocycles. The smallest absolute Gasteiger partial charge is 0.852 e. The van der Waals surface area contributed by atoms with Gasteiger partial charge in [0.2, 0.25) is 0 Å². The van der Waals surface area contributed by atoms with E-state index in [9.17, 15) is 5.11 Å². The van der Waals surface area contributed by atoms with Gasteiger partial charge >= 0.3 is 51.4 Å². The zero-order valence-electron chi connectivity index (χ0n) is 7.08. The van der Waals surface area contributed by atoms with E-state index in [0.29, 0.717) is 6.42 Å². The fourth-order valence-corrected chi connectivity index (χ4v) is 0.946. The van der Waals surface area contributed by atoms with Gasteiger partial charge in [-0.2, -0.15) is 0 Å². The second-order valence-corrected chi connectivity index (χ2v) is 2.50. The second kappa shape index (κ2) is 6.35. The summed E-state index contributed by atoms with van der Waals surface area (Å²) < 4.78 is 0. The standard InChI is InChI=1S/C9H11O.K/c1-8(10)7-9-5-3-2-4-6-9;/h2-6,8H,7H2,1H3;/q-1;+1/t8-;/m0./s1. The van der Waals surface area contributed by atoms with E-state index in [2.05, 4.69) is 0 Å². The quantitative estimate of drug-likeness (QED) is 0.475. The molecule has 0 saturated carbocycles. The summed E-state index contributed by atoms with van der Waals surface area (Å²) in [6.07, 6.45) is 0.156. The Labute approximate surface area is 110 Å². The van der Waals surface area contributed by atoms with Crippen molar-refractivity contribution in [2.45, 2.75) is 19.4 Å². The van der Waals surface area contributed by atoms with Gasteiger partial charge in [-0.25, -0.2) is 0 Å². The molecule has 0 saturated heterocycles. The normalized spacial score (nSPS) is 11.8. The van der Waals surface area contributed by atoms with Crippen molar-refractivity contribution in [3.05, 3.63) is 35.9 Å². The number of benzene rings is 1. The molecule has 0 bridgehead atoms. The minimum atomic E-state index is -0.484. The monoisotopic (exact) mass is 174 g/mol. The fourth-order valence-electron chi connectivity index (χ4n) is 0.946. The van der Waals surface area contributed by atoms with Crippen molar-refractivity contribution in [2.75, 3.05) is 0 Å². The molecule has 0 heterocycles. The fraction of sp³-hybridized carbons (Fsp3) is 0.333. The second-order valence-electron chi connectivity index (χ2n) is 2.50. The number of hydrogen-bond donors (Lipinski definition) is 0. The van der Waals surface area contributed by atoms with Gasteiger partial charge in [-0.3, -0.25) is 0 Å². The van der Waals surface area contributed by atoms with E-state index >= 15 is 0 Å². The van der Waals surface area contributed by atoms with E-state index < -0.39 is 6.10 Å². The van der Waals surface area contributed by atoms with Gasteiger partial charge in [0.15, 0.2) is 0 Å². The van der Waals surface area contributed by atoms with Gasteiger partial charge in [0.1, 0.15) is 0 Å². The van der Waals surface area contributed by atoms with Crippen LogP contribution in [0.15, 0.2) is 30.3 Å². The first-order valence-electron chi connectivity index (χ1n) is 3.49. The minimum absolute atomic E-state index is 0. The molecule has 1 atom stereocenters. The molecule has 0 aliphatic rings. The van der Waals surface area contributed by atoms with Crippen molar-refractivity contribution < 1.29 is 56.5 Å². The molecule has 0 radical (unpaired) electrons. The molecule has 0 aliphatic heterocycles. The predicted octanol–water partition coefficient (Wildman–Crippen LogP) is -2.02. The van der Waals surface area contributed by atoms with E-state index in [-0.39, 0.29) is 51.4 Å². The Morgan fingerprint density at radius 3 is 2.27 bits per heavy atom. The van der Waals surface area contributed by atoms with Crippen LogP contribution in [0.1, 0.15) is 12.5 Å². The van der Waals surface area contributed by atoms with Crippen LogP contribution in [0.3, 0.4) is 0 Å². The summed E-state index contributed by atoms with van der Waals surface area (Å²) in [7, 11) is 0. The van der Waals surface area contributed by atoms with Crippen LogP contribution in [0.4, 0.5) is 0 Å². The average Bonchev–Trinajstić information content (AvgIpc) is 1.88. The first kappa shape index (κ1) is 11.8. The molecule has 1 rings (SSSR count). The Hall–Kier alpha value is 0.816. The third-order valence-corrected chi connectivity index (χ3v) is 1.37. The molecule has 0 N–H and O–H groups in total. The van der Waals surface area contributed by atoms with Crippen LogP contribution in [0.25, 0.3) is 0 Å². The van der Waals surface area contributed by atoms with Crippen LogP contribution in [0.2, 0.25) is 0 Å². The summed E-state index contributed by atoms with van der Waals surface area (Å²) in [6.45, 7) is 1.69. The summed E-state index contributed by atoms with van der Waals surface area (Å²) >= 11 is 0. The Balaban J connectivity index is 0.000001000. The zero-order valence-corrected chi connectivity index (χ0v) is 10.2. The molecule has 0 aromatic heterocycles. The van der Waals surface area contributed by atoms with E-state index in [1.807, 2.05) is 30.3 Å². The molecule has 0 unspecified atom stereocenters. The van der Waals surface area contributed by atoms with Crippen LogP contribution in [-0.4, -0.2) is 6.10 Å². The van der Waals surface area contributed by atoms with Crippen molar-refractivity contribution in [1.82, 2.24) is 0 Å².